The standard InChI is InChI=1S/C30H25N2OPS.HI/c1-22-18-20-23(21-19-22)28-31-29(33)27(30(32-28)35-2)34(24-12-6-3-7-13-24,25-14-8-4-9-15-25)26-16-10-5-11-17-26;/h3-21H,1-2H3;1H. The van der Waals surface area contributed by atoms with E-state index >= 15 is 0 Å². The highest BCUT2D eigenvalue weighted by Gasteiger charge is 2.52. The van der Waals surface area contributed by atoms with Crippen molar-refractivity contribution >= 4 is 40.2 Å². The van der Waals surface area contributed by atoms with Gasteiger partial charge in [0, 0.05) is 5.56 Å². The Balaban J connectivity index is 0.00000304. The minimum Gasteiger partial charge on any atom is -1.00 e. The predicted molar refractivity (Wildman–Crippen MR) is 152 cm³/mol. The van der Waals surface area contributed by atoms with E-state index in [-0.39, 0.29) is 29.5 Å². The monoisotopic (exact) mass is 620 g/mol. The van der Waals surface area contributed by atoms with E-state index in [0.29, 0.717) is 5.82 Å². The van der Waals surface area contributed by atoms with Crippen molar-refractivity contribution in [1.82, 2.24) is 9.97 Å². The van der Waals surface area contributed by atoms with Gasteiger partial charge in [-0.05, 0) is 49.6 Å². The van der Waals surface area contributed by atoms with Gasteiger partial charge in [-0.15, -0.1) is 11.8 Å². The van der Waals surface area contributed by atoms with Gasteiger partial charge in [0.05, 0.1) is 0 Å². The van der Waals surface area contributed by atoms with Gasteiger partial charge in [0.1, 0.15) is 26.8 Å². The fraction of sp³-hybridized carbons (Fsp3) is 0.0667. The van der Waals surface area contributed by atoms with Crippen LogP contribution in [0.25, 0.3) is 11.4 Å². The molecule has 0 saturated heterocycles. The molecule has 0 aliphatic rings. The number of thioether (sulfide) groups is 1. The molecule has 0 aliphatic heterocycles. The van der Waals surface area contributed by atoms with Crippen LogP contribution >= 0.6 is 19.0 Å². The molecule has 0 bridgehead atoms. The first-order valence-electron chi connectivity index (χ1n) is 11.5. The summed E-state index contributed by atoms with van der Waals surface area (Å²) in [6.45, 7) is 2.05. The zero-order valence-corrected chi connectivity index (χ0v) is 23.9. The Kier molecular flexibility index (Phi) is 8.45. The third-order valence-electron chi connectivity index (χ3n) is 6.15. The molecule has 0 amide bonds. The third kappa shape index (κ3) is 4.80. The zero-order valence-electron chi connectivity index (χ0n) is 20.1. The van der Waals surface area contributed by atoms with Crippen LogP contribution in [-0.4, -0.2) is 16.2 Å². The van der Waals surface area contributed by atoms with Crippen molar-refractivity contribution in [3.8, 4) is 11.4 Å². The Morgan fingerprint density at radius 1 is 0.694 bits per heavy atom. The number of aryl methyl sites for hydroxylation is 1. The Labute approximate surface area is 233 Å². The number of nitrogens with one attached hydrogen (secondary N) is 1. The first-order valence-corrected chi connectivity index (χ1v) is 14.5. The quantitative estimate of drug-likeness (QED) is 0.137. The lowest BCUT2D eigenvalue weighted by molar-refractivity contribution is -0.00000698. The Morgan fingerprint density at radius 2 is 1.14 bits per heavy atom. The van der Waals surface area contributed by atoms with Gasteiger partial charge in [0.15, 0.2) is 7.26 Å². The van der Waals surface area contributed by atoms with Crippen molar-refractivity contribution in [2.45, 2.75) is 11.9 Å². The molecule has 6 heteroatoms. The summed E-state index contributed by atoms with van der Waals surface area (Å²) in [5.41, 5.74) is 1.97. The normalized spacial score (nSPS) is 11.1. The highest BCUT2D eigenvalue weighted by atomic mass is 127. The third-order valence-corrected chi connectivity index (χ3v) is 11.3. The summed E-state index contributed by atoms with van der Waals surface area (Å²) in [5, 5.41) is 4.88. The molecule has 0 aliphatic carbocycles. The van der Waals surface area contributed by atoms with Crippen LogP contribution in [0.5, 0.6) is 0 Å². The smallest absolute Gasteiger partial charge is 0.296 e. The first-order chi connectivity index (χ1) is 17.1. The van der Waals surface area contributed by atoms with Crippen LogP contribution in [0, 0.1) is 6.92 Å². The molecule has 0 unspecified atom stereocenters. The van der Waals surface area contributed by atoms with Crippen LogP contribution in [0.1, 0.15) is 5.56 Å². The van der Waals surface area contributed by atoms with Crippen LogP contribution in [0.2, 0.25) is 0 Å². The molecule has 3 nitrogen and oxygen atoms in total. The maximum Gasteiger partial charge on any atom is 0.296 e. The number of aromatic nitrogens is 2. The van der Waals surface area contributed by atoms with Crippen LogP contribution in [0.4, 0.5) is 0 Å². The number of halogens is 1. The number of rotatable bonds is 6. The summed E-state index contributed by atoms with van der Waals surface area (Å²) in [7, 11) is -2.54. The topological polar surface area (TPSA) is 45.8 Å². The number of nitrogens with zero attached hydrogens (tertiary/aromatic N) is 1. The molecule has 0 saturated carbocycles. The summed E-state index contributed by atoms with van der Waals surface area (Å²) in [6.07, 6.45) is 2.00. The lowest BCUT2D eigenvalue weighted by atomic mass is 10.1. The van der Waals surface area contributed by atoms with Gasteiger partial charge in [-0.25, -0.2) is 4.98 Å². The van der Waals surface area contributed by atoms with Crippen molar-refractivity contribution < 1.29 is 24.0 Å². The molecule has 180 valence electrons. The summed E-state index contributed by atoms with van der Waals surface area (Å²) >= 11 is 1.53. The Morgan fingerprint density at radius 3 is 1.56 bits per heavy atom. The molecule has 0 radical (unpaired) electrons. The Hall–Kier alpha value is -2.73. The maximum atomic E-state index is 14.1. The van der Waals surface area contributed by atoms with E-state index in [4.69, 9.17) is 4.98 Å². The molecule has 5 aromatic rings. The van der Waals surface area contributed by atoms with Crippen LogP contribution < -0.4 is 50.8 Å². The van der Waals surface area contributed by atoms with Gasteiger partial charge in [-0.1, -0.05) is 84.4 Å². The minimum atomic E-state index is -2.54. The summed E-state index contributed by atoms with van der Waals surface area (Å²) in [5.74, 6) is 0.593. The van der Waals surface area contributed by atoms with Gasteiger partial charge in [0.25, 0.3) is 5.56 Å². The van der Waals surface area contributed by atoms with E-state index in [2.05, 4.69) is 84.7 Å². The molecular weight excluding hydrogens is 594 g/mol. The van der Waals surface area contributed by atoms with E-state index in [0.717, 1.165) is 31.8 Å². The summed E-state index contributed by atoms with van der Waals surface area (Å²) in [6, 6.07) is 39.3. The second-order valence-corrected chi connectivity index (χ2v) is 12.4. The van der Waals surface area contributed by atoms with Crippen molar-refractivity contribution in [3.05, 3.63) is 131 Å². The maximum absolute atomic E-state index is 14.1. The highest BCUT2D eigenvalue weighted by molar-refractivity contribution is 8.04. The first kappa shape index (κ1) is 26.3. The lowest BCUT2D eigenvalue weighted by Crippen LogP contribution is -3.00. The highest BCUT2D eigenvalue weighted by Crippen LogP contribution is 2.54. The second-order valence-electron chi connectivity index (χ2n) is 8.32. The molecular formula is C30H26IN2OPS. The van der Waals surface area contributed by atoms with Crippen LogP contribution in [-0.2, 0) is 0 Å². The summed E-state index contributed by atoms with van der Waals surface area (Å²) < 4.78 is 0. The molecule has 1 N–H and O–H groups in total. The van der Waals surface area contributed by atoms with E-state index in [9.17, 15) is 4.79 Å². The Bertz CT molecular complexity index is 1400. The van der Waals surface area contributed by atoms with E-state index < -0.39 is 7.26 Å². The number of H-pyrrole nitrogens is 1. The molecule has 1 heterocycles. The van der Waals surface area contributed by atoms with Crippen LogP contribution in [0.3, 0.4) is 0 Å². The average Bonchev–Trinajstić information content (AvgIpc) is 2.92. The fourth-order valence-electron chi connectivity index (χ4n) is 4.52. The molecule has 5 rings (SSSR count). The predicted octanol–water partition coefficient (Wildman–Crippen LogP) is 2.09. The lowest BCUT2D eigenvalue weighted by Gasteiger charge is -2.27. The zero-order chi connectivity index (χ0) is 24.3. The average molecular weight is 620 g/mol. The van der Waals surface area contributed by atoms with E-state index in [1.165, 1.54) is 17.3 Å². The fourth-order valence-corrected chi connectivity index (χ4v) is 9.90. The minimum absolute atomic E-state index is 0. The molecule has 0 atom stereocenters. The van der Waals surface area contributed by atoms with Gasteiger partial charge in [-0.2, -0.15) is 0 Å². The molecule has 4 aromatic carbocycles. The van der Waals surface area contributed by atoms with Gasteiger partial charge in [-0.3, -0.25) is 4.79 Å². The van der Waals surface area contributed by atoms with E-state index in [1.54, 1.807) is 0 Å². The molecule has 0 fully saturated rings. The number of hydrogen-bond acceptors (Lipinski definition) is 3. The largest absolute Gasteiger partial charge is 1.00 e. The van der Waals surface area contributed by atoms with Gasteiger partial charge >= 0.3 is 0 Å². The molecule has 36 heavy (non-hydrogen) atoms. The van der Waals surface area contributed by atoms with Crippen molar-refractivity contribution in [2.75, 3.05) is 6.26 Å². The SMILES string of the molecule is CSc1nc(-c2ccc(C)cc2)[nH]c(=O)c1[P+](c1ccccc1)(c1ccccc1)c1ccccc1.[I-]. The van der Waals surface area contributed by atoms with E-state index in [1.807, 2.05) is 48.7 Å². The molecule has 1 aromatic heterocycles. The number of aromatic amines is 1. The van der Waals surface area contributed by atoms with Gasteiger partial charge < -0.3 is 29.0 Å². The van der Waals surface area contributed by atoms with Crippen molar-refractivity contribution in [1.29, 1.82) is 0 Å². The van der Waals surface area contributed by atoms with Crippen LogP contribution in [0.15, 0.2) is 125 Å². The van der Waals surface area contributed by atoms with Crippen molar-refractivity contribution in [2.24, 2.45) is 0 Å². The molecule has 0 spiro atoms. The van der Waals surface area contributed by atoms with Gasteiger partial charge in [0.2, 0.25) is 5.30 Å². The number of benzene rings is 4. The number of hydrogen-bond donors (Lipinski definition) is 1. The second kappa shape index (κ2) is 11.5. The van der Waals surface area contributed by atoms with Crippen molar-refractivity contribution in [3.63, 3.8) is 0 Å². The summed E-state index contributed by atoms with van der Waals surface area (Å²) in [4.78, 5) is 22.3.